The van der Waals surface area contributed by atoms with Crippen molar-refractivity contribution in [2.45, 2.75) is 19.4 Å². The molecule has 0 spiro atoms. The van der Waals surface area contributed by atoms with Crippen molar-refractivity contribution in [3.05, 3.63) is 18.9 Å². The average Bonchev–Trinajstić information content (AvgIpc) is 2.62. The normalized spacial score (nSPS) is 10.0. The molecule has 78 valence electrons. The maximum Gasteiger partial charge on any atom is 1.00 e. The van der Waals surface area contributed by atoms with E-state index in [9.17, 15) is 9.90 Å². The molecule has 2 aromatic heterocycles. The van der Waals surface area contributed by atoms with Crippen LogP contribution in [0.15, 0.2) is 18.9 Å². The molecule has 0 aliphatic heterocycles. The van der Waals surface area contributed by atoms with Gasteiger partial charge >= 0.3 is 29.6 Å². The van der Waals surface area contributed by atoms with Crippen LogP contribution in [-0.4, -0.2) is 25.5 Å². The minimum atomic E-state index is -1.03. The first-order valence-corrected chi connectivity index (χ1v) is 4.58. The predicted octanol–water partition coefficient (Wildman–Crippen LogP) is -3.64. The van der Waals surface area contributed by atoms with Gasteiger partial charge in [-0.2, -0.15) is 0 Å². The van der Waals surface area contributed by atoms with Crippen LogP contribution in [0.1, 0.15) is 12.8 Å². The summed E-state index contributed by atoms with van der Waals surface area (Å²) < 4.78 is 1.83. The summed E-state index contributed by atoms with van der Waals surface area (Å²) >= 11 is 0. The number of aromatic nitrogens is 4. The Bertz CT molecular complexity index is 485. The Morgan fingerprint density at radius 3 is 3.00 bits per heavy atom. The average molecular weight is 228 g/mol. The van der Waals surface area contributed by atoms with Crippen LogP contribution in [0.2, 0.25) is 0 Å². The zero-order valence-corrected chi connectivity index (χ0v) is 11.0. The molecule has 16 heavy (non-hydrogen) atoms. The molecular weight excluding hydrogens is 219 g/mol. The first-order chi connectivity index (χ1) is 7.27. The molecule has 0 aliphatic rings. The van der Waals surface area contributed by atoms with Gasteiger partial charge in [0, 0.05) is 12.5 Å². The third-order valence-electron chi connectivity index (χ3n) is 2.08. The minimum Gasteiger partial charge on any atom is -0.550 e. The number of carbonyl (C=O) groups excluding carboxylic acids is 1. The van der Waals surface area contributed by atoms with E-state index in [1.807, 2.05) is 4.57 Å². The quantitative estimate of drug-likeness (QED) is 0.504. The van der Waals surface area contributed by atoms with E-state index < -0.39 is 5.97 Å². The Balaban J connectivity index is 0.00000128. The number of hydrogen-bond acceptors (Lipinski definition) is 5. The van der Waals surface area contributed by atoms with Crippen molar-refractivity contribution < 1.29 is 39.5 Å². The van der Waals surface area contributed by atoms with Crippen LogP contribution in [0.4, 0.5) is 0 Å². The second-order valence-corrected chi connectivity index (χ2v) is 3.15. The number of rotatable bonds is 4. The first kappa shape index (κ1) is 13.1. The molecule has 2 aromatic rings. The molecule has 0 bridgehead atoms. The number of hydrogen-bond donors (Lipinski definition) is 0. The summed E-state index contributed by atoms with van der Waals surface area (Å²) in [5, 5.41) is 10.2. The first-order valence-electron chi connectivity index (χ1n) is 4.58. The molecule has 7 heteroatoms. The van der Waals surface area contributed by atoms with Crippen LogP contribution >= 0.6 is 0 Å². The Kier molecular flexibility index (Phi) is 4.85. The van der Waals surface area contributed by atoms with Crippen LogP contribution in [0.3, 0.4) is 0 Å². The van der Waals surface area contributed by atoms with Gasteiger partial charge in [0.15, 0.2) is 5.65 Å². The van der Waals surface area contributed by atoms with Crippen molar-refractivity contribution in [1.82, 2.24) is 19.5 Å². The van der Waals surface area contributed by atoms with Gasteiger partial charge in [0.25, 0.3) is 0 Å². The smallest absolute Gasteiger partial charge is 0.550 e. The Hall–Kier alpha value is -0.980. The van der Waals surface area contributed by atoms with E-state index in [2.05, 4.69) is 15.0 Å². The Morgan fingerprint density at radius 1 is 1.44 bits per heavy atom. The molecule has 0 atom stereocenters. The van der Waals surface area contributed by atoms with Gasteiger partial charge in [-0.05, 0) is 12.8 Å². The molecule has 0 fully saturated rings. The van der Waals surface area contributed by atoms with E-state index in [0.717, 1.165) is 5.52 Å². The summed E-state index contributed by atoms with van der Waals surface area (Å²) in [6.45, 7) is 0.581. The van der Waals surface area contributed by atoms with E-state index >= 15 is 0 Å². The molecule has 0 unspecified atom stereocenters. The number of carbonyl (C=O) groups is 1. The standard InChI is InChI=1S/C9H10N4O2.Na/c14-8(15)2-1-3-13-6-12-9-7(13)4-10-5-11-9;/h4-6H,1-3H2,(H,14,15);/q;+1/p-1. The molecule has 6 nitrogen and oxygen atoms in total. The van der Waals surface area contributed by atoms with Crippen molar-refractivity contribution in [3.63, 3.8) is 0 Å². The van der Waals surface area contributed by atoms with E-state index in [0.29, 0.717) is 18.6 Å². The molecule has 0 aliphatic carbocycles. The van der Waals surface area contributed by atoms with E-state index in [1.54, 1.807) is 12.5 Å². The van der Waals surface area contributed by atoms with Gasteiger partial charge in [-0.25, -0.2) is 15.0 Å². The number of nitrogens with zero attached hydrogens (tertiary/aromatic N) is 4. The van der Waals surface area contributed by atoms with E-state index in [-0.39, 0.29) is 36.0 Å². The third kappa shape index (κ3) is 3.01. The van der Waals surface area contributed by atoms with Crippen molar-refractivity contribution in [2.75, 3.05) is 0 Å². The summed E-state index contributed by atoms with van der Waals surface area (Å²) in [7, 11) is 0. The second kappa shape index (κ2) is 5.93. The number of carboxylic acids is 1. The predicted molar refractivity (Wildman–Crippen MR) is 49.6 cm³/mol. The van der Waals surface area contributed by atoms with Crippen LogP contribution in [0, 0.1) is 0 Å². The van der Waals surface area contributed by atoms with Gasteiger partial charge in [-0.1, -0.05) is 0 Å². The SMILES string of the molecule is O=C([O-])CCCn1cnc2ncncc21.[Na+]. The summed E-state index contributed by atoms with van der Waals surface area (Å²) in [6, 6.07) is 0. The largest absolute Gasteiger partial charge is 1.00 e. The van der Waals surface area contributed by atoms with Gasteiger partial charge in [0.1, 0.15) is 11.8 Å². The maximum absolute atomic E-state index is 10.2. The summed E-state index contributed by atoms with van der Waals surface area (Å²) in [4.78, 5) is 22.2. The van der Waals surface area contributed by atoms with Crippen LogP contribution < -0.4 is 34.7 Å². The maximum atomic E-state index is 10.2. The summed E-state index contributed by atoms with van der Waals surface area (Å²) in [5.74, 6) is -1.03. The Morgan fingerprint density at radius 2 is 2.25 bits per heavy atom. The molecule has 0 saturated heterocycles. The van der Waals surface area contributed by atoms with Crippen LogP contribution in [-0.2, 0) is 11.3 Å². The summed E-state index contributed by atoms with van der Waals surface area (Å²) in [5.41, 5.74) is 1.44. The van der Waals surface area contributed by atoms with E-state index in [1.165, 1.54) is 6.33 Å². The van der Waals surface area contributed by atoms with Gasteiger partial charge < -0.3 is 14.5 Å². The molecule has 0 saturated carbocycles. The number of fused-ring (bicyclic) bond motifs is 1. The minimum absolute atomic E-state index is 0. The second-order valence-electron chi connectivity index (χ2n) is 3.15. The monoisotopic (exact) mass is 228 g/mol. The van der Waals surface area contributed by atoms with Gasteiger partial charge in [-0.15, -0.1) is 0 Å². The molecule has 0 aromatic carbocycles. The van der Waals surface area contributed by atoms with Crippen molar-refractivity contribution >= 4 is 17.1 Å². The fourth-order valence-electron chi connectivity index (χ4n) is 1.38. The van der Waals surface area contributed by atoms with Crippen molar-refractivity contribution in [2.24, 2.45) is 0 Å². The zero-order valence-electron chi connectivity index (χ0n) is 8.96. The fourth-order valence-corrected chi connectivity index (χ4v) is 1.38. The number of carboxylic acid groups (broad SMARTS) is 1. The topological polar surface area (TPSA) is 83.7 Å². The molecule has 0 amide bonds. The van der Waals surface area contributed by atoms with Crippen LogP contribution in [0.5, 0.6) is 0 Å². The number of aliphatic carboxylic acids is 1. The third-order valence-corrected chi connectivity index (χ3v) is 2.08. The molecule has 2 heterocycles. The Labute approximate surface area is 114 Å². The molecule has 0 radical (unpaired) electrons. The van der Waals surface area contributed by atoms with Gasteiger partial charge in [-0.3, -0.25) is 0 Å². The van der Waals surface area contributed by atoms with Crippen molar-refractivity contribution in [1.29, 1.82) is 0 Å². The summed E-state index contributed by atoms with van der Waals surface area (Å²) in [6.07, 6.45) is 5.29. The van der Waals surface area contributed by atoms with Crippen LogP contribution in [0.25, 0.3) is 11.2 Å². The molecule has 0 N–H and O–H groups in total. The number of imidazole rings is 1. The van der Waals surface area contributed by atoms with E-state index in [4.69, 9.17) is 0 Å². The van der Waals surface area contributed by atoms with Gasteiger partial charge in [0.05, 0.1) is 12.5 Å². The molecule has 2 rings (SSSR count). The number of aryl methyl sites for hydroxylation is 1. The fraction of sp³-hybridized carbons (Fsp3) is 0.333. The van der Waals surface area contributed by atoms with Crippen molar-refractivity contribution in [3.8, 4) is 0 Å². The zero-order chi connectivity index (χ0) is 10.7. The molecular formula is C9H9N4NaO2. The van der Waals surface area contributed by atoms with Gasteiger partial charge in [0.2, 0.25) is 0 Å².